The van der Waals surface area contributed by atoms with E-state index in [1.807, 2.05) is 60.7 Å². The summed E-state index contributed by atoms with van der Waals surface area (Å²) in [4.78, 5) is 25.5. The van der Waals surface area contributed by atoms with Gasteiger partial charge in [0.2, 0.25) is 0 Å². The van der Waals surface area contributed by atoms with Gasteiger partial charge in [0, 0.05) is 44.7 Å². The van der Waals surface area contributed by atoms with Crippen molar-refractivity contribution in [3.8, 4) is 0 Å². The molecule has 2 atom stereocenters. The molecule has 0 radical (unpaired) electrons. The molecule has 4 N–H and O–H groups in total. The van der Waals surface area contributed by atoms with Gasteiger partial charge in [-0.25, -0.2) is 0 Å². The van der Waals surface area contributed by atoms with Crippen LogP contribution in [0.1, 0.15) is 43.9 Å². The summed E-state index contributed by atoms with van der Waals surface area (Å²) >= 11 is 22.2. The Hall–Kier alpha value is -4.34. The van der Waals surface area contributed by atoms with Crippen LogP contribution in [-0.2, 0) is 0 Å². The topological polar surface area (TPSA) is 82.3 Å². The number of benzene rings is 4. The number of carbonyl (C=O) groups excluding carboxylic acids is 2. The Balaban J connectivity index is 0.000000175. The molecule has 2 aliphatic heterocycles. The van der Waals surface area contributed by atoms with Crippen LogP contribution in [0.15, 0.2) is 133 Å². The van der Waals surface area contributed by atoms with Crippen LogP contribution in [-0.4, -0.2) is 21.8 Å². The van der Waals surface area contributed by atoms with Crippen LogP contribution in [0.5, 0.6) is 0 Å². The molecule has 6 rings (SSSR count). The maximum atomic E-state index is 12.7. The van der Waals surface area contributed by atoms with Crippen molar-refractivity contribution in [2.45, 2.75) is 12.1 Å². The molecule has 0 aromatic heterocycles. The van der Waals surface area contributed by atoms with Gasteiger partial charge in [-0.1, -0.05) is 108 Å². The molecule has 2 heterocycles. The van der Waals surface area contributed by atoms with E-state index < -0.39 is 0 Å². The molecule has 0 saturated carbocycles. The highest BCUT2D eigenvalue weighted by Crippen LogP contribution is 2.29. The predicted molar refractivity (Wildman–Crippen MR) is 184 cm³/mol. The summed E-state index contributed by atoms with van der Waals surface area (Å²) in [6, 6.07) is 32.5. The van der Waals surface area contributed by atoms with Crippen molar-refractivity contribution in [3.05, 3.63) is 165 Å². The highest BCUT2D eigenvalue weighted by atomic mass is 35.5. The summed E-state index contributed by atoms with van der Waals surface area (Å²) in [5.74, 6) is -0.0777. The van der Waals surface area contributed by atoms with E-state index >= 15 is 0 Å². The average molecular weight is 658 g/mol. The third-order valence-corrected chi connectivity index (χ3v) is 7.87. The zero-order chi connectivity index (χ0) is 31.1. The van der Waals surface area contributed by atoms with Crippen molar-refractivity contribution in [1.82, 2.24) is 21.3 Å². The van der Waals surface area contributed by atoms with E-state index in [0.29, 0.717) is 42.5 Å². The van der Waals surface area contributed by atoms with E-state index in [4.69, 9.17) is 47.6 Å². The molecule has 0 bridgehead atoms. The number of hydrogen-bond donors (Lipinski definition) is 4. The molecule has 0 amide bonds. The molecule has 0 saturated heterocycles. The SMILES string of the molecule is O=C(C1=CNC(=S)N[C@@H]1c1ccc(Cl)cc1)c1ccccc1.O=C(C1=CNC(=S)N[C@@H]1c1ccc(Cl)cc1)c1ccccc1. The van der Waals surface area contributed by atoms with Crippen LogP contribution < -0.4 is 21.3 Å². The molecular weight excluding hydrogens is 631 g/mol. The lowest BCUT2D eigenvalue weighted by molar-refractivity contribution is 0.101. The highest BCUT2D eigenvalue weighted by Gasteiger charge is 2.28. The number of rotatable bonds is 6. The van der Waals surface area contributed by atoms with Crippen molar-refractivity contribution in [3.63, 3.8) is 0 Å². The molecule has 0 spiro atoms. The summed E-state index contributed by atoms with van der Waals surface area (Å²) in [6.45, 7) is 0. The zero-order valence-corrected chi connectivity index (χ0v) is 26.2. The Morgan fingerprint density at radius 1 is 0.523 bits per heavy atom. The third-order valence-electron chi connectivity index (χ3n) is 6.89. The van der Waals surface area contributed by atoms with E-state index in [1.54, 1.807) is 60.9 Å². The molecule has 0 fully saturated rings. The summed E-state index contributed by atoms with van der Waals surface area (Å²) in [7, 11) is 0. The smallest absolute Gasteiger partial charge is 0.192 e. The maximum Gasteiger partial charge on any atom is 0.192 e. The van der Waals surface area contributed by atoms with Gasteiger partial charge in [0.25, 0.3) is 0 Å². The first-order valence-corrected chi connectivity index (χ1v) is 15.1. The lowest BCUT2D eigenvalue weighted by Gasteiger charge is -2.27. The normalized spacial score (nSPS) is 17.2. The molecule has 0 aliphatic carbocycles. The minimum atomic E-state index is -0.293. The number of hydrogen-bond acceptors (Lipinski definition) is 4. The van der Waals surface area contributed by atoms with Gasteiger partial charge in [0.1, 0.15) is 0 Å². The standard InChI is InChI=1S/2C17H13ClN2OS/c2*18-13-8-6-11(7-9-13)15-14(10-19-17(22)20-15)16(21)12-4-2-1-3-5-12/h2*1-10,15H,(H2,19,20,22)/t2*15-/m11/s1. The summed E-state index contributed by atoms with van der Waals surface area (Å²) in [5.41, 5.74) is 4.38. The Morgan fingerprint density at radius 3 is 1.20 bits per heavy atom. The Kier molecular flexibility index (Phi) is 10.2. The molecule has 4 aromatic rings. The first-order valence-electron chi connectivity index (χ1n) is 13.5. The molecule has 44 heavy (non-hydrogen) atoms. The predicted octanol–water partition coefficient (Wildman–Crippen LogP) is 7.25. The number of ketones is 2. The van der Waals surface area contributed by atoms with Gasteiger partial charge in [0.15, 0.2) is 21.8 Å². The van der Waals surface area contributed by atoms with E-state index in [9.17, 15) is 9.59 Å². The summed E-state index contributed by atoms with van der Waals surface area (Å²) < 4.78 is 0. The lowest BCUT2D eigenvalue weighted by atomic mass is 9.92. The van der Waals surface area contributed by atoms with Crippen molar-refractivity contribution in [2.24, 2.45) is 0 Å². The van der Waals surface area contributed by atoms with Gasteiger partial charge in [-0.2, -0.15) is 0 Å². The molecule has 0 unspecified atom stereocenters. The number of Topliss-reactive ketones (excluding diaryl/α,β-unsaturated/α-hetero) is 2. The molecule has 10 heteroatoms. The first kappa shape index (κ1) is 31.1. The number of carbonyl (C=O) groups is 2. The molecular formula is C34H26Cl2N4O2S2. The van der Waals surface area contributed by atoms with E-state index in [-0.39, 0.29) is 23.7 Å². The summed E-state index contributed by atoms with van der Waals surface area (Å²) in [6.07, 6.45) is 3.35. The van der Waals surface area contributed by atoms with Crippen molar-refractivity contribution >= 4 is 69.4 Å². The molecule has 220 valence electrons. The first-order chi connectivity index (χ1) is 21.3. The number of halogens is 2. The van der Waals surface area contributed by atoms with Crippen molar-refractivity contribution in [2.75, 3.05) is 0 Å². The fraction of sp³-hybridized carbons (Fsp3) is 0.0588. The van der Waals surface area contributed by atoms with E-state index in [1.165, 1.54) is 0 Å². The van der Waals surface area contributed by atoms with Crippen molar-refractivity contribution < 1.29 is 9.59 Å². The minimum Gasteiger partial charge on any atom is -0.351 e. The van der Waals surface area contributed by atoms with Gasteiger partial charge >= 0.3 is 0 Å². The fourth-order valence-corrected chi connectivity index (χ4v) is 5.30. The lowest BCUT2D eigenvalue weighted by Crippen LogP contribution is -2.42. The van der Waals surface area contributed by atoms with Gasteiger partial charge < -0.3 is 21.3 Å². The van der Waals surface area contributed by atoms with Gasteiger partial charge in [-0.3, -0.25) is 9.59 Å². The number of nitrogens with one attached hydrogen (secondary N) is 4. The van der Waals surface area contributed by atoms with Crippen LogP contribution in [0, 0.1) is 0 Å². The zero-order valence-electron chi connectivity index (χ0n) is 23.1. The Bertz CT molecular complexity index is 1610. The average Bonchev–Trinajstić information content (AvgIpc) is 3.06. The van der Waals surface area contributed by atoms with E-state index in [0.717, 1.165) is 11.1 Å². The quantitative estimate of drug-likeness (QED) is 0.128. The second-order valence-corrected chi connectivity index (χ2v) is 11.5. The largest absolute Gasteiger partial charge is 0.351 e. The highest BCUT2D eigenvalue weighted by molar-refractivity contribution is 7.80. The van der Waals surface area contributed by atoms with Crippen LogP contribution in [0.3, 0.4) is 0 Å². The molecule has 4 aromatic carbocycles. The fourth-order valence-electron chi connectivity index (χ4n) is 4.70. The second-order valence-electron chi connectivity index (χ2n) is 9.79. The van der Waals surface area contributed by atoms with Crippen LogP contribution in [0.2, 0.25) is 10.0 Å². The van der Waals surface area contributed by atoms with Gasteiger partial charge in [0.05, 0.1) is 12.1 Å². The Morgan fingerprint density at radius 2 is 0.864 bits per heavy atom. The third kappa shape index (κ3) is 7.59. The summed E-state index contributed by atoms with van der Waals surface area (Å²) in [5, 5.41) is 14.4. The molecule has 6 nitrogen and oxygen atoms in total. The minimum absolute atomic E-state index is 0.0388. The van der Waals surface area contributed by atoms with Crippen LogP contribution in [0.4, 0.5) is 0 Å². The van der Waals surface area contributed by atoms with Gasteiger partial charge in [-0.05, 0) is 59.8 Å². The maximum absolute atomic E-state index is 12.7. The van der Waals surface area contributed by atoms with Gasteiger partial charge in [-0.15, -0.1) is 0 Å². The van der Waals surface area contributed by atoms with Crippen LogP contribution in [0.25, 0.3) is 0 Å². The van der Waals surface area contributed by atoms with Crippen LogP contribution >= 0.6 is 47.6 Å². The van der Waals surface area contributed by atoms with Crippen molar-refractivity contribution in [1.29, 1.82) is 0 Å². The Labute approximate surface area is 276 Å². The monoisotopic (exact) mass is 656 g/mol. The van der Waals surface area contributed by atoms with E-state index in [2.05, 4.69) is 21.3 Å². The molecule has 2 aliphatic rings. The number of thiocarbonyl (C=S) groups is 2. The second kappa shape index (κ2) is 14.4.